The van der Waals surface area contributed by atoms with E-state index in [0.29, 0.717) is 5.92 Å². The van der Waals surface area contributed by atoms with Crippen molar-refractivity contribution in [3.05, 3.63) is 0 Å². The Morgan fingerprint density at radius 2 is 2.20 bits per heavy atom. The van der Waals surface area contributed by atoms with Gasteiger partial charge in [-0.15, -0.1) is 0 Å². The molecule has 1 rings (SSSR count). The molecule has 0 amide bonds. The molecule has 0 spiro atoms. The van der Waals surface area contributed by atoms with Gasteiger partial charge in [0, 0.05) is 5.54 Å². The first kappa shape index (κ1) is 8.06. The lowest BCUT2D eigenvalue weighted by molar-refractivity contribution is 0.427. The van der Waals surface area contributed by atoms with Crippen molar-refractivity contribution in [2.24, 2.45) is 17.6 Å². The Balaban J connectivity index is 2.33. The third-order valence-corrected chi connectivity index (χ3v) is 2.91. The third kappa shape index (κ3) is 1.20. The van der Waals surface area contributed by atoms with E-state index in [0.717, 1.165) is 5.92 Å². The second-order valence-electron chi connectivity index (χ2n) is 3.96. The van der Waals surface area contributed by atoms with Crippen molar-refractivity contribution in [1.82, 2.24) is 0 Å². The first-order valence-corrected chi connectivity index (χ1v) is 4.40. The molecule has 0 aromatic heterocycles. The highest BCUT2D eigenvalue weighted by Crippen LogP contribution is 2.49. The summed E-state index contributed by atoms with van der Waals surface area (Å²) in [6, 6.07) is 0. The van der Waals surface area contributed by atoms with Gasteiger partial charge in [-0.05, 0) is 24.7 Å². The minimum atomic E-state index is 0.218. The van der Waals surface area contributed by atoms with Crippen LogP contribution in [0.5, 0.6) is 0 Å². The Bertz CT molecular complexity index is 120. The minimum Gasteiger partial charge on any atom is -0.325 e. The zero-order valence-electron chi connectivity index (χ0n) is 7.35. The van der Waals surface area contributed by atoms with Crippen LogP contribution in [0.2, 0.25) is 0 Å². The lowest BCUT2D eigenvalue weighted by Gasteiger charge is -2.15. The summed E-state index contributed by atoms with van der Waals surface area (Å²) in [5.41, 5.74) is 6.34. The Morgan fingerprint density at radius 1 is 1.60 bits per heavy atom. The van der Waals surface area contributed by atoms with E-state index in [2.05, 4.69) is 20.8 Å². The molecular formula is C9H19N. The topological polar surface area (TPSA) is 26.0 Å². The minimum absolute atomic E-state index is 0.218. The lowest BCUT2D eigenvalue weighted by atomic mass is 9.99. The smallest absolute Gasteiger partial charge is 0.0210 e. The maximum absolute atomic E-state index is 6.12. The fourth-order valence-corrected chi connectivity index (χ4v) is 1.79. The van der Waals surface area contributed by atoms with Crippen molar-refractivity contribution < 1.29 is 0 Å². The molecule has 1 saturated carbocycles. The molecule has 0 radical (unpaired) electrons. The van der Waals surface area contributed by atoms with Gasteiger partial charge < -0.3 is 5.73 Å². The Morgan fingerprint density at radius 3 is 2.50 bits per heavy atom. The van der Waals surface area contributed by atoms with Crippen LogP contribution in [0.15, 0.2) is 0 Å². The van der Waals surface area contributed by atoms with Gasteiger partial charge in [-0.1, -0.05) is 27.2 Å². The fourth-order valence-electron chi connectivity index (χ4n) is 1.79. The fraction of sp³-hybridized carbons (Fsp3) is 1.00. The lowest BCUT2D eigenvalue weighted by Crippen LogP contribution is -2.31. The average molecular weight is 141 g/mol. The summed E-state index contributed by atoms with van der Waals surface area (Å²) in [5.74, 6) is 1.50. The zero-order valence-corrected chi connectivity index (χ0v) is 7.35. The normalized spacial score (nSPS) is 38.7. The summed E-state index contributed by atoms with van der Waals surface area (Å²) in [7, 11) is 0. The summed E-state index contributed by atoms with van der Waals surface area (Å²) >= 11 is 0. The first-order valence-electron chi connectivity index (χ1n) is 4.40. The molecule has 2 atom stereocenters. The molecule has 0 aromatic rings. The van der Waals surface area contributed by atoms with Gasteiger partial charge in [-0.25, -0.2) is 0 Å². The summed E-state index contributed by atoms with van der Waals surface area (Å²) in [6.07, 6.45) is 3.88. The van der Waals surface area contributed by atoms with Crippen molar-refractivity contribution in [1.29, 1.82) is 0 Å². The zero-order chi connectivity index (χ0) is 7.78. The molecule has 1 aliphatic carbocycles. The van der Waals surface area contributed by atoms with Gasteiger partial charge >= 0.3 is 0 Å². The predicted molar refractivity (Wildman–Crippen MR) is 44.8 cm³/mol. The van der Waals surface area contributed by atoms with Gasteiger partial charge in [0.05, 0.1) is 0 Å². The number of nitrogens with two attached hydrogens (primary N) is 1. The number of hydrogen-bond donors (Lipinski definition) is 1. The molecule has 1 fully saturated rings. The van der Waals surface area contributed by atoms with Crippen LogP contribution in [0.4, 0.5) is 0 Å². The van der Waals surface area contributed by atoms with Crippen LogP contribution in [0.25, 0.3) is 0 Å². The van der Waals surface area contributed by atoms with Crippen LogP contribution >= 0.6 is 0 Å². The summed E-state index contributed by atoms with van der Waals surface area (Å²) < 4.78 is 0. The van der Waals surface area contributed by atoms with Crippen LogP contribution < -0.4 is 5.73 Å². The Hall–Kier alpha value is -0.0400. The highest BCUT2D eigenvalue weighted by Gasteiger charge is 2.51. The van der Waals surface area contributed by atoms with Gasteiger partial charge in [0.1, 0.15) is 0 Å². The van der Waals surface area contributed by atoms with E-state index in [1.54, 1.807) is 0 Å². The van der Waals surface area contributed by atoms with Gasteiger partial charge in [0.25, 0.3) is 0 Å². The molecular weight excluding hydrogens is 122 g/mol. The van der Waals surface area contributed by atoms with E-state index < -0.39 is 0 Å². The van der Waals surface area contributed by atoms with Crippen LogP contribution in [0.1, 0.15) is 40.0 Å². The monoisotopic (exact) mass is 141 g/mol. The van der Waals surface area contributed by atoms with Crippen LogP contribution in [-0.4, -0.2) is 5.54 Å². The molecule has 1 nitrogen and oxygen atoms in total. The second-order valence-corrected chi connectivity index (χ2v) is 3.96. The standard InChI is InChI=1S/C9H19N/c1-4-5-8-6-9(8,10)7(2)3/h7-8H,4-6,10H2,1-3H3. The maximum atomic E-state index is 6.12. The van der Waals surface area contributed by atoms with Gasteiger partial charge in [0.2, 0.25) is 0 Å². The molecule has 0 aliphatic heterocycles. The number of rotatable bonds is 3. The second kappa shape index (κ2) is 2.54. The van der Waals surface area contributed by atoms with Crippen molar-refractivity contribution >= 4 is 0 Å². The molecule has 10 heavy (non-hydrogen) atoms. The maximum Gasteiger partial charge on any atom is 0.0210 e. The van der Waals surface area contributed by atoms with Crippen LogP contribution in [0, 0.1) is 11.8 Å². The first-order chi connectivity index (χ1) is 4.61. The summed E-state index contributed by atoms with van der Waals surface area (Å²) in [6.45, 7) is 6.70. The SMILES string of the molecule is CCCC1CC1(N)C(C)C. The van der Waals surface area contributed by atoms with Crippen LogP contribution in [-0.2, 0) is 0 Å². The Labute approximate surface area is 64.0 Å². The summed E-state index contributed by atoms with van der Waals surface area (Å²) in [5, 5.41) is 0. The highest BCUT2D eigenvalue weighted by atomic mass is 14.9. The van der Waals surface area contributed by atoms with E-state index in [1.807, 2.05) is 0 Å². The van der Waals surface area contributed by atoms with Crippen molar-refractivity contribution in [2.75, 3.05) is 0 Å². The van der Waals surface area contributed by atoms with Gasteiger partial charge in [0.15, 0.2) is 0 Å². The van der Waals surface area contributed by atoms with E-state index in [4.69, 9.17) is 5.73 Å². The molecule has 2 unspecified atom stereocenters. The molecule has 60 valence electrons. The van der Waals surface area contributed by atoms with Gasteiger partial charge in [-0.2, -0.15) is 0 Å². The van der Waals surface area contributed by atoms with Gasteiger partial charge in [-0.3, -0.25) is 0 Å². The molecule has 1 aliphatic rings. The quantitative estimate of drug-likeness (QED) is 0.640. The predicted octanol–water partition coefficient (Wildman–Crippen LogP) is 2.16. The van der Waals surface area contributed by atoms with Crippen molar-refractivity contribution in [3.63, 3.8) is 0 Å². The number of hydrogen-bond acceptors (Lipinski definition) is 1. The van der Waals surface area contributed by atoms with E-state index in [1.165, 1.54) is 19.3 Å². The van der Waals surface area contributed by atoms with E-state index >= 15 is 0 Å². The summed E-state index contributed by atoms with van der Waals surface area (Å²) in [4.78, 5) is 0. The highest BCUT2D eigenvalue weighted by molar-refractivity contribution is 5.09. The largest absolute Gasteiger partial charge is 0.325 e. The van der Waals surface area contributed by atoms with Crippen molar-refractivity contribution in [3.8, 4) is 0 Å². The molecule has 1 heteroatoms. The average Bonchev–Trinajstić information content (AvgIpc) is 2.45. The van der Waals surface area contributed by atoms with E-state index in [9.17, 15) is 0 Å². The molecule has 0 saturated heterocycles. The molecule has 0 bridgehead atoms. The molecule has 0 heterocycles. The molecule has 2 N–H and O–H groups in total. The molecule has 0 aromatic carbocycles. The van der Waals surface area contributed by atoms with Crippen molar-refractivity contribution in [2.45, 2.75) is 45.6 Å². The van der Waals surface area contributed by atoms with E-state index in [-0.39, 0.29) is 5.54 Å². The van der Waals surface area contributed by atoms with Crippen LogP contribution in [0.3, 0.4) is 0 Å². The Kier molecular flexibility index (Phi) is 2.04. The third-order valence-electron chi connectivity index (χ3n) is 2.91.